The van der Waals surface area contributed by atoms with Gasteiger partial charge in [0.25, 0.3) is 0 Å². The molecule has 0 atom stereocenters. The number of benzene rings is 3. The third-order valence-corrected chi connectivity index (χ3v) is 7.26. The first-order valence-electron chi connectivity index (χ1n) is 11.3. The van der Waals surface area contributed by atoms with E-state index in [0.29, 0.717) is 36.5 Å². The monoisotopic (exact) mass is 693 g/mol. The second-order valence-electron chi connectivity index (χ2n) is 8.26. The number of carbonyl (C=O) groups excluding carboxylic acids is 1. The molecule has 1 heterocycles. The van der Waals surface area contributed by atoms with Crippen LogP contribution in [0.5, 0.6) is 11.5 Å². The molecule has 0 spiro atoms. The highest BCUT2D eigenvalue weighted by Gasteiger charge is 2.24. The number of rotatable bonds is 8. The zero-order valence-corrected chi connectivity index (χ0v) is 24.0. The number of esters is 1. The molecule has 0 saturated heterocycles. The van der Waals surface area contributed by atoms with Gasteiger partial charge in [-0.25, -0.2) is 9.79 Å². The highest BCUT2D eigenvalue weighted by Crippen LogP contribution is 2.36. The maximum absolute atomic E-state index is 12.5. The van der Waals surface area contributed by atoms with E-state index < -0.39 is 5.97 Å². The molecule has 4 rings (SSSR count). The SMILES string of the molecule is CCOc1cc(/C=C2\N=C(c3ccc(C(C)C)cc3)OC2=O)cc(I)c1OCc1ccccc1I. The topological polar surface area (TPSA) is 57.1 Å². The Bertz CT molecular complexity index is 1300. The van der Waals surface area contributed by atoms with Crippen molar-refractivity contribution in [2.45, 2.75) is 33.3 Å². The zero-order chi connectivity index (χ0) is 24.9. The van der Waals surface area contributed by atoms with Crippen molar-refractivity contribution < 1.29 is 19.0 Å². The van der Waals surface area contributed by atoms with Crippen molar-refractivity contribution in [3.63, 3.8) is 0 Å². The normalized spacial score (nSPS) is 14.3. The third-order valence-electron chi connectivity index (χ3n) is 5.41. The van der Waals surface area contributed by atoms with Crippen LogP contribution < -0.4 is 9.47 Å². The smallest absolute Gasteiger partial charge is 0.363 e. The Balaban J connectivity index is 1.60. The van der Waals surface area contributed by atoms with Gasteiger partial charge >= 0.3 is 5.97 Å². The van der Waals surface area contributed by atoms with Crippen molar-refractivity contribution in [3.05, 3.63) is 95.8 Å². The molecule has 0 radical (unpaired) electrons. The van der Waals surface area contributed by atoms with Crippen LogP contribution in [-0.4, -0.2) is 18.5 Å². The Morgan fingerprint density at radius 1 is 1.00 bits per heavy atom. The van der Waals surface area contributed by atoms with Crippen LogP contribution in [0, 0.1) is 7.14 Å². The largest absolute Gasteiger partial charge is 0.490 e. The highest BCUT2D eigenvalue weighted by atomic mass is 127. The van der Waals surface area contributed by atoms with Crippen molar-refractivity contribution >= 4 is 63.1 Å². The molecule has 0 bridgehead atoms. The molecule has 0 aromatic heterocycles. The van der Waals surface area contributed by atoms with Crippen molar-refractivity contribution in [1.29, 1.82) is 0 Å². The van der Waals surface area contributed by atoms with Gasteiger partial charge in [-0.1, -0.05) is 44.2 Å². The summed E-state index contributed by atoms with van der Waals surface area (Å²) in [6, 6.07) is 19.8. The number of cyclic esters (lactones) is 1. The summed E-state index contributed by atoms with van der Waals surface area (Å²) < 4.78 is 19.5. The van der Waals surface area contributed by atoms with E-state index in [1.165, 1.54) is 5.56 Å². The number of carbonyl (C=O) groups is 1. The molecule has 0 unspecified atom stereocenters. The van der Waals surface area contributed by atoms with Gasteiger partial charge in [0.2, 0.25) is 5.90 Å². The molecule has 7 heteroatoms. The molecule has 0 saturated carbocycles. The van der Waals surface area contributed by atoms with Gasteiger partial charge in [0.1, 0.15) is 6.61 Å². The van der Waals surface area contributed by atoms with Gasteiger partial charge in [0.15, 0.2) is 17.2 Å². The average molecular weight is 693 g/mol. The maximum atomic E-state index is 12.5. The van der Waals surface area contributed by atoms with Gasteiger partial charge in [-0.15, -0.1) is 0 Å². The molecule has 180 valence electrons. The van der Waals surface area contributed by atoms with E-state index >= 15 is 0 Å². The summed E-state index contributed by atoms with van der Waals surface area (Å²) in [5.41, 5.74) is 4.13. The van der Waals surface area contributed by atoms with Crippen molar-refractivity contribution in [2.75, 3.05) is 6.61 Å². The van der Waals surface area contributed by atoms with Crippen LogP contribution in [0.3, 0.4) is 0 Å². The lowest BCUT2D eigenvalue weighted by atomic mass is 10.0. The lowest BCUT2D eigenvalue weighted by Crippen LogP contribution is -2.05. The summed E-state index contributed by atoms with van der Waals surface area (Å²) >= 11 is 4.53. The van der Waals surface area contributed by atoms with Crippen molar-refractivity contribution in [3.8, 4) is 11.5 Å². The molecule has 3 aromatic rings. The van der Waals surface area contributed by atoms with Gasteiger partial charge in [0.05, 0.1) is 10.2 Å². The van der Waals surface area contributed by atoms with Gasteiger partial charge in [-0.3, -0.25) is 0 Å². The molecule has 1 aliphatic heterocycles. The molecule has 0 amide bonds. The first-order chi connectivity index (χ1) is 16.9. The number of hydrogen-bond donors (Lipinski definition) is 0. The van der Waals surface area contributed by atoms with Gasteiger partial charge < -0.3 is 14.2 Å². The van der Waals surface area contributed by atoms with Gasteiger partial charge in [-0.2, -0.15) is 0 Å². The van der Waals surface area contributed by atoms with Crippen molar-refractivity contribution in [2.24, 2.45) is 4.99 Å². The first kappa shape index (κ1) is 25.7. The molecule has 0 aliphatic carbocycles. The molecular weight excluding hydrogens is 668 g/mol. The first-order valence-corrected chi connectivity index (χ1v) is 13.5. The third kappa shape index (κ3) is 6.24. The van der Waals surface area contributed by atoms with Crippen LogP contribution in [-0.2, 0) is 16.1 Å². The quantitative estimate of drug-likeness (QED) is 0.141. The highest BCUT2D eigenvalue weighted by molar-refractivity contribution is 14.1. The van der Waals surface area contributed by atoms with E-state index in [-0.39, 0.29) is 5.70 Å². The lowest BCUT2D eigenvalue weighted by molar-refractivity contribution is -0.129. The Kier molecular flexibility index (Phi) is 8.48. The Hall–Kier alpha value is -2.40. The van der Waals surface area contributed by atoms with Crippen molar-refractivity contribution in [1.82, 2.24) is 0 Å². The van der Waals surface area contributed by atoms with Crippen LogP contribution in [0.4, 0.5) is 0 Å². The fourth-order valence-electron chi connectivity index (χ4n) is 3.54. The summed E-state index contributed by atoms with van der Waals surface area (Å²) in [6.45, 7) is 7.13. The maximum Gasteiger partial charge on any atom is 0.363 e. The van der Waals surface area contributed by atoms with E-state index in [9.17, 15) is 4.79 Å². The van der Waals surface area contributed by atoms with Gasteiger partial charge in [-0.05, 0) is 106 Å². The second kappa shape index (κ2) is 11.6. The summed E-state index contributed by atoms with van der Waals surface area (Å²) in [5.74, 6) is 1.57. The number of aliphatic imine (C=N–C) groups is 1. The molecule has 1 aliphatic rings. The molecule has 0 N–H and O–H groups in total. The molecular formula is C28H25I2NO4. The summed E-state index contributed by atoms with van der Waals surface area (Å²) in [5, 5.41) is 0. The second-order valence-corrected chi connectivity index (χ2v) is 10.6. The van der Waals surface area contributed by atoms with Crippen LogP contribution in [0.1, 0.15) is 48.9 Å². The van der Waals surface area contributed by atoms with Gasteiger partial charge in [0, 0.05) is 14.7 Å². The average Bonchev–Trinajstić information content (AvgIpc) is 3.20. The van der Waals surface area contributed by atoms with Crippen LogP contribution in [0.25, 0.3) is 6.08 Å². The predicted octanol–water partition coefficient (Wildman–Crippen LogP) is 7.34. The van der Waals surface area contributed by atoms with E-state index in [0.717, 1.165) is 23.8 Å². The summed E-state index contributed by atoms with van der Waals surface area (Å²) in [4.78, 5) is 17.0. The van der Waals surface area contributed by atoms with E-state index in [2.05, 4.69) is 70.1 Å². The fourth-order valence-corrected chi connectivity index (χ4v) is 4.86. The summed E-state index contributed by atoms with van der Waals surface area (Å²) in [7, 11) is 0. The zero-order valence-electron chi connectivity index (χ0n) is 19.7. The molecule has 3 aromatic carbocycles. The minimum Gasteiger partial charge on any atom is -0.490 e. The number of ether oxygens (including phenoxy) is 3. The number of nitrogens with zero attached hydrogens (tertiary/aromatic N) is 1. The number of halogens is 2. The molecule has 0 fully saturated rings. The Morgan fingerprint density at radius 3 is 2.43 bits per heavy atom. The van der Waals surface area contributed by atoms with Crippen LogP contribution >= 0.6 is 45.2 Å². The Morgan fingerprint density at radius 2 is 1.74 bits per heavy atom. The minimum absolute atomic E-state index is 0.249. The predicted molar refractivity (Wildman–Crippen MR) is 155 cm³/mol. The summed E-state index contributed by atoms with van der Waals surface area (Å²) in [6.07, 6.45) is 1.71. The Labute approximate surface area is 232 Å². The molecule has 5 nitrogen and oxygen atoms in total. The van der Waals surface area contributed by atoms with E-state index in [4.69, 9.17) is 14.2 Å². The molecule has 35 heavy (non-hydrogen) atoms. The van der Waals surface area contributed by atoms with E-state index in [1.807, 2.05) is 61.5 Å². The lowest BCUT2D eigenvalue weighted by Gasteiger charge is -2.15. The number of hydrogen-bond acceptors (Lipinski definition) is 5. The van der Waals surface area contributed by atoms with Crippen LogP contribution in [0.2, 0.25) is 0 Å². The van der Waals surface area contributed by atoms with E-state index in [1.54, 1.807) is 6.08 Å². The standard InChI is InChI=1S/C28H25I2NO4/c1-4-33-25-15-18(13-23(30)26(25)34-16-21-7-5-6-8-22(21)29)14-24-28(32)35-27(31-24)20-11-9-19(10-12-20)17(2)3/h5-15,17H,4,16H2,1-3H3/b24-14-. The van der Waals surface area contributed by atoms with Crippen LogP contribution in [0.15, 0.2) is 71.4 Å². The fraction of sp³-hybridized carbons (Fsp3) is 0.214. The minimum atomic E-state index is -0.472.